The van der Waals surface area contributed by atoms with Gasteiger partial charge in [-0.15, -0.1) is 0 Å². The van der Waals surface area contributed by atoms with E-state index in [9.17, 15) is 4.79 Å². The Kier molecular flexibility index (Phi) is 3.94. The number of aromatic nitrogens is 2. The predicted octanol–water partition coefficient (Wildman–Crippen LogP) is 1.31. The van der Waals surface area contributed by atoms with E-state index in [2.05, 4.69) is 15.3 Å². The van der Waals surface area contributed by atoms with Crippen molar-refractivity contribution in [3.8, 4) is 0 Å². The van der Waals surface area contributed by atoms with E-state index in [0.29, 0.717) is 18.5 Å². The van der Waals surface area contributed by atoms with Gasteiger partial charge in [0.1, 0.15) is 0 Å². The number of nitrogens with one attached hydrogen (secondary N) is 2. The molecule has 0 bridgehead atoms. The zero-order chi connectivity index (χ0) is 13.0. The molecule has 1 unspecified atom stereocenters. The van der Waals surface area contributed by atoms with Crippen molar-refractivity contribution < 1.29 is 9.90 Å². The third-order valence-corrected chi connectivity index (χ3v) is 2.92. The summed E-state index contributed by atoms with van der Waals surface area (Å²) in [5, 5.41) is 11.6. The van der Waals surface area contributed by atoms with E-state index in [0.717, 1.165) is 11.0 Å². The summed E-state index contributed by atoms with van der Waals surface area (Å²) < 4.78 is 0. The van der Waals surface area contributed by atoms with Crippen LogP contribution in [0.25, 0.3) is 11.0 Å². The molecular formula is C13H17N3O2. The molecule has 18 heavy (non-hydrogen) atoms. The Morgan fingerprint density at radius 3 is 3.17 bits per heavy atom. The summed E-state index contributed by atoms with van der Waals surface area (Å²) in [6.45, 7) is 2.71. The third-order valence-electron chi connectivity index (χ3n) is 2.92. The van der Waals surface area contributed by atoms with Gasteiger partial charge in [-0.3, -0.25) is 4.79 Å². The molecule has 1 atom stereocenters. The van der Waals surface area contributed by atoms with E-state index in [1.807, 2.05) is 13.0 Å². The van der Waals surface area contributed by atoms with Gasteiger partial charge in [0, 0.05) is 18.7 Å². The van der Waals surface area contributed by atoms with E-state index >= 15 is 0 Å². The quantitative estimate of drug-likeness (QED) is 0.745. The number of amides is 1. The zero-order valence-corrected chi connectivity index (χ0v) is 10.3. The summed E-state index contributed by atoms with van der Waals surface area (Å²) in [5.41, 5.74) is 2.31. The molecular weight excluding hydrogens is 230 g/mol. The van der Waals surface area contributed by atoms with E-state index in [-0.39, 0.29) is 18.4 Å². The molecule has 1 aromatic heterocycles. The summed E-state index contributed by atoms with van der Waals surface area (Å²) >= 11 is 0. The summed E-state index contributed by atoms with van der Waals surface area (Å²) in [5.74, 6) is 0.172. The second-order valence-electron chi connectivity index (χ2n) is 4.46. The highest BCUT2D eigenvalue weighted by Crippen LogP contribution is 2.11. The molecule has 0 saturated carbocycles. The number of aliphatic hydroxyl groups is 1. The number of nitrogens with zero attached hydrogens (tertiary/aromatic N) is 1. The van der Waals surface area contributed by atoms with Gasteiger partial charge in [-0.2, -0.15) is 0 Å². The Bertz CT molecular complexity index is 536. The number of rotatable bonds is 5. The van der Waals surface area contributed by atoms with Crippen LogP contribution in [0, 0.1) is 5.92 Å². The molecule has 1 amide bonds. The number of hydrogen-bond acceptors (Lipinski definition) is 3. The average Bonchev–Trinajstić information content (AvgIpc) is 2.83. The van der Waals surface area contributed by atoms with Crippen molar-refractivity contribution in [1.29, 1.82) is 0 Å². The number of aromatic amines is 1. The minimum atomic E-state index is -0.101. The van der Waals surface area contributed by atoms with Crippen molar-refractivity contribution in [3.63, 3.8) is 0 Å². The van der Waals surface area contributed by atoms with Crippen LogP contribution < -0.4 is 5.32 Å². The molecule has 3 N–H and O–H groups in total. The lowest BCUT2D eigenvalue weighted by atomic mass is 10.1. The van der Waals surface area contributed by atoms with Gasteiger partial charge < -0.3 is 15.4 Å². The number of H-pyrrole nitrogens is 1. The van der Waals surface area contributed by atoms with Crippen molar-refractivity contribution in [2.45, 2.75) is 13.3 Å². The maximum Gasteiger partial charge on any atom is 0.251 e. The molecule has 96 valence electrons. The molecule has 0 radical (unpaired) electrons. The maximum absolute atomic E-state index is 11.9. The first-order chi connectivity index (χ1) is 8.70. The second-order valence-corrected chi connectivity index (χ2v) is 4.46. The van der Waals surface area contributed by atoms with Crippen LogP contribution in [0.15, 0.2) is 24.5 Å². The zero-order valence-electron chi connectivity index (χ0n) is 10.3. The fourth-order valence-electron chi connectivity index (χ4n) is 1.77. The minimum absolute atomic E-state index is 0.101. The van der Waals surface area contributed by atoms with Crippen LogP contribution in [-0.4, -0.2) is 34.1 Å². The minimum Gasteiger partial charge on any atom is -0.396 e. The van der Waals surface area contributed by atoms with Gasteiger partial charge in [0.25, 0.3) is 5.91 Å². The van der Waals surface area contributed by atoms with Crippen LogP contribution in [0.1, 0.15) is 23.7 Å². The van der Waals surface area contributed by atoms with Gasteiger partial charge in [0.15, 0.2) is 0 Å². The predicted molar refractivity (Wildman–Crippen MR) is 69.3 cm³/mol. The number of hydrogen-bond donors (Lipinski definition) is 3. The lowest BCUT2D eigenvalue weighted by Gasteiger charge is -2.11. The number of aliphatic hydroxyl groups excluding tert-OH is 1. The number of carbonyl (C=O) groups excluding carboxylic acids is 1. The molecule has 5 heteroatoms. The Hall–Kier alpha value is -1.88. The van der Waals surface area contributed by atoms with E-state index in [1.165, 1.54) is 0 Å². The maximum atomic E-state index is 11.9. The van der Waals surface area contributed by atoms with Crippen molar-refractivity contribution in [2.75, 3.05) is 13.2 Å². The first-order valence-corrected chi connectivity index (χ1v) is 6.03. The standard InChI is InChI=1S/C13H17N3O2/c1-9(4-5-17)7-14-13(18)10-2-3-11-12(6-10)16-8-15-11/h2-3,6,8-9,17H,4-5,7H2,1H3,(H,14,18)(H,15,16). The Morgan fingerprint density at radius 1 is 1.56 bits per heavy atom. The summed E-state index contributed by atoms with van der Waals surface area (Å²) in [6.07, 6.45) is 2.30. The Morgan fingerprint density at radius 2 is 2.39 bits per heavy atom. The van der Waals surface area contributed by atoms with Crippen LogP contribution in [0.2, 0.25) is 0 Å². The molecule has 1 heterocycles. The molecule has 5 nitrogen and oxygen atoms in total. The summed E-state index contributed by atoms with van der Waals surface area (Å²) in [7, 11) is 0. The van der Waals surface area contributed by atoms with Gasteiger partial charge in [0.2, 0.25) is 0 Å². The van der Waals surface area contributed by atoms with Gasteiger partial charge in [0.05, 0.1) is 17.4 Å². The fraction of sp³-hybridized carbons (Fsp3) is 0.385. The van der Waals surface area contributed by atoms with Gasteiger partial charge >= 0.3 is 0 Å². The second kappa shape index (κ2) is 5.64. The highest BCUT2D eigenvalue weighted by atomic mass is 16.3. The highest BCUT2D eigenvalue weighted by Gasteiger charge is 2.08. The van der Waals surface area contributed by atoms with Crippen LogP contribution in [0.4, 0.5) is 0 Å². The lowest BCUT2D eigenvalue weighted by Crippen LogP contribution is -2.28. The van der Waals surface area contributed by atoms with Gasteiger partial charge in [-0.25, -0.2) is 4.98 Å². The Labute approximate surface area is 105 Å². The van der Waals surface area contributed by atoms with Crippen molar-refractivity contribution >= 4 is 16.9 Å². The normalized spacial score (nSPS) is 12.6. The first kappa shape index (κ1) is 12.6. The molecule has 0 spiro atoms. The van der Waals surface area contributed by atoms with Gasteiger partial charge in [-0.1, -0.05) is 6.92 Å². The SMILES string of the molecule is CC(CCO)CNC(=O)c1ccc2nc[nH]c2c1. The molecule has 0 aliphatic rings. The average molecular weight is 247 g/mol. The van der Waals surface area contributed by atoms with Crippen LogP contribution in [0.5, 0.6) is 0 Å². The van der Waals surface area contributed by atoms with Crippen LogP contribution >= 0.6 is 0 Å². The lowest BCUT2D eigenvalue weighted by molar-refractivity contribution is 0.0945. The van der Waals surface area contributed by atoms with E-state index in [4.69, 9.17) is 5.11 Å². The number of imidazole rings is 1. The Balaban J connectivity index is 1.99. The summed E-state index contributed by atoms with van der Waals surface area (Å²) in [4.78, 5) is 19.0. The molecule has 2 aromatic rings. The first-order valence-electron chi connectivity index (χ1n) is 6.03. The largest absolute Gasteiger partial charge is 0.396 e. The van der Waals surface area contributed by atoms with Crippen molar-refractivity contribution in [3.05, 3.63) is 30.1 Å². The monoisotopic (exact) mass is 247 g/mol. The fourth-order valence-corrected chi connectivity index (χ4v) is 1.77. The van der Waals surface area contributed by atoms with Crippen LogP contribution in [0.3, 0.4) is 0 Å². The highest BCUT2D eigenvalue weighted by molar-refractivity contribution is 5.97. The molecule has 1 aromatic carbocycles. The van der Waals surface area contributed by atoms with Gasteiger partial charge in [-0.05, 0) is 30.5 Å². The van der Waals surface area contributed by atoms with Crippen molar-refractivity contribution in [2.24, 2.45) is 5.92 Å². The number of fused-ring (bicyclic) bond motifs is 1. The van der Waals surface area contributed by atoms with E-state index in [1.54, 1.807) is 18.5 Å². The third kappa shape index (κ3) is 2.87. The van der Waals surface area contributed by atoms with Crippen molar-refractivity contribution in [1.82, 2.24) is 15.3 Å². The number of carbonyl (C=O) groups is 1. The van der Waals surface area contributed by atoms with E-state index < -0.39 is 0 Å². The molecule has 0 aliphatic heterocycles. The number of benzene rings is 1. The summed E-state index contributed by atoms with van der Waals surface area (Å²) in [6, 6.07) is 5.36. The van der Waals surface area contributed by atoms with Crippen LogP contribution in [-0.2, 0) is 0 Å². The molecule has 0 aliphatic carbocycles. The topological polar surface area (TPSA) is 78.0 Å². The molecule has 0 saturated heterocycles. The molecule has 2 rings (SSSR count). The smallest absolute Gasteiger partial charge is 0.251 e. The molecule has 0 fully saturated rings.